The van der Waals surface area contributed by atoms with Crippen LogP contribution in [0.1, 0.15) is 149 Å². The molecule has 0 heterocycles. The van der Waals surface area contributed by atoms with E-state index in [4.69, 9.17) is 42.6 Å². The van der Waals surface area contributed by atoms with Crippen molar-refractivity contribution in [2.75, 3.05) is 112 Å². The van der Waals surface area contributed by atoms with Crippen LogP contribution in [-0.2, 0) is 47.4 Å². The van der Waals surface area contributed by atoms with Gasteiger partial charge in [0.2, 0.25) is 0 Å². The third-order valence-corrected chi connectivity index (χ3v) is 8.47. The fourth-order valence-electron chi connectivity index (χ4n) is 5.38. The summed E-state index contributed by atoms with van der Waals surface area (Å²) in [6.07, 6.45) is 26.6. The Kier molecular flexibility index (Phi) is 46.4. The van der Waals surface area contributed by atoms with E-state index in [1.54, 1.807) is 0 Å². The minimum atomic E-state index is -0.134. The Balaban J connectivity index is 3.09. The van der Waals surface area contributed by atoms with E-state index in [1.165, 1.54) is 109 Å². The highest BCUT2D eigenvalue weighted by molar-refractivity contribution is 5.69. The van der Waals surface area contributed by atoms with E-state index in [1.807, 2.05) is 0 Å². The average Bonchev–Trinajstić information content (AvgIpc) is 3.14. The molecule has 0 aliphatic rings. The van der Waals surface area contributed by atoms with Crippen molar-refractivity contribution in [2.24, 2.45) is 0 Å². The molecule has 10 nitrogen and oxygen atoms in total. The van der Waals surface area contributed by atoms with Gasteiger partial charge in [0.25, 0.3) is 0 Å². The molecule has 0 aliphatic heterocycles. The summed E-state index contributed by atoms with van der Waals surface area (Å²) in [5.41, 5.74) is 0. The lowest BCUT2D eigenvalue weighted by Gasteiger charge is -2.09. The summed E-state index contributed by atoms with van der Waals surface area (Å²) in [5.74, 6) is -0.134. The molecule has 0 saturated carbocycles. The van der Waals surface area contributed by atoms with Crippen LogP contribution in [0.2, 0.25) is 0 Å². The van der Waals surface area contributed by atoms with Crippen LogP contribution >= 0.6 is 0 Å². The molecule has 0 saturated heterocycles. The predicted molar refractivity (Wildman–Crippen MR) is 206 cm³/mol. The first-order valence-corrected chi connectivity index (χ1v) is 21.1. The van der Waals surface area contributed by atoms with Crippen molar-refractivity contribution in [1.82, 2.24) is 0 Å². The second-order valence-electron chi connectivity index (χ2n) is 13.2. The van der Waals surface area contributed by atoms with Crippen LogP contribution in [-0.4, -0.2) is 118 Å². The summed E-state index contributed by atoms with van der Waals surface area (Å²) in [7, 11) is 0. The Hall–Kier alpha value is -0.850. The molecule has 10 heteroatoms. The molecule has 0 spiro atoms. The molecule has 0 atom stereocenters. The van der Waals surface area contributed by atoms with Gasteiger partial charge in [0.15, 0.2) is 0 Å². The molecule has 0 bridgehead atoms. The maximum absolute atomic E-state index is 11.7. The molecule has 51 heavy (non-hydrogen) atoms. The lowest BCUT2D eigenvalue weighted by Crippen LogP contribution is -2.15. The molecule has 0 aliphatic carbocycles. The van der Waals surface area contributed by atoms with Crippen LogP contribution in [0.3, 0.4) is 0 Å². The monoisotopic (exact) mass is 735 g/mol. The second-order valence-corrected chi connectivity index (χ2v) is 13.2. The molecular formula is C41H82O10. The molecule has 306 valence electrons. The van der Waals surface area contributed by atoms with Gasteiger partial charge >= 0.3 is 5.97 Å². The zero-order valence-electron chi connectivity index (χ0n) is 33.5. The Morgan fingerprint density at radius 2 is 0.510 bits per heavy atom. The SMILES string of the molecule is CCCCCCCCCCCCCCCOCCOCCOCCOCCOCCOCCOCCOCCOC(=O)CCCCCCCCC. The molecule has 0 fully saturated rings. The largest absolute Gasteiger partial charge is 0.463 e. The number of ether oxygens (including phenoxy) is 9. The first kappa shape index (κ1) is 50.1. The number of carbonyl (C=O) groups is 1. The van der Waals surface area contributed by atoms with E-state index in [0.29, 0.717) is 112 Å². The minimum absolute atomic E-state index is 0.134. The average molecular weight is 735 g/mol. The van der Waals surface area contributed by atoms with Crippen LogP contribution in [0, 0.1) is 0 Å². The van der Waals surface area contributed by atoms with Crippen LogP contribution in [0.5, 0.6) is 0 Å². The van der Waals surface area contributed by atoms with E-state index in [0.717, 1.165) is 25.9 Å². The topological polar surface area (TPSA) is 100 Å². The Morgan fingerprint density at radius 1 is 0.275 bits per heavy atom. The first-order valence-electron chi connectivity index (χ1n) is 21.1. The van der Waals surface area contributed by atoms with Crippen molar-refractivity contribution in [3.63, 3.8) is 0 Å². The highest BCUT2D eigenvalue weighted by Gasteiger charge is 2.03. The Morgan fingerprint density at radius 3 is 0.824 bits per heavy atom. The standard InChI is InChI=1S/C41H82O10/c1-3-5-7-9-11-12-13-14-15-16-18-20-22-24-43-25-26-44-27-28-45-29-30-46-31-32-47-33-34-48-35-36-49-37-38-50-39-40-51-41(42)23-21-19-17-10-8-6-4-2/h3-40H2,1-2H3. The van der Waals surface area contributed by atoms with Crippen molar-refractivity contribution in [3.8, 4) is 0 Å². The van der Waals surface area contributed by atoms with Gasteiger partial charge in [0, 0.05) is 13.0 Å². The lowest BCUT2D eigenvalue weighted by molar-refractivity contribution is -0.145. The van der Waals surface area contributed by atoms with E-state index < -0.39 is 0 Å². The quantitative estimate of drug-likeness (QED) is 0.0445. The molecule has 0 unspecified atom stereocenters. The fraction of sp³-hybridized carbons (Fsp3) is 0.976. The normalized spacial score (nSPS) is 11.5. The van der Waals surface area contributed by atoms with Gasteiger partial charge in [-0.25, -0.2) is 0 Å². The molecule has 0 rings (SSSR count). The molecular weight excluding hydrogens is 652 g/mol. The molecule has 0 amide bonds. The van der Waals surface area contributed by atoms with Gasteiger partial charge in [-0.2, -0.15) is 0 Å². The molecule has 0 radical (unpaired) electrons. The third-order valence-electron chi connectivity index (χ3n) is 8.47. The van der Waals surface area contributed by atoms with Gasteiger partial charge < -0.3 is 42.6 Å². The van der Waals surface area contributed by atoms with E-state index in [2.05, 4.69) is 13.8 Å². The Bertz CT molecular complexity index is 640. The van der Waals surface area contributed by atoms with Crippen molar-refractivity contribution in [2.45, 2.75) is 149 Å². The Labute approximate surface area is 314 Å². The van der Waals surface area contributed by atoms with E-state index in [9.17, 15) is 4.79 Å². The maximum atomic E-state index is 11.7. The zero-order chi connectivity index (χ0) is 36.8. The predicted octanol–water partition coefficient (Wildman–Crippen LogP) is 8.89. The summed E-state index contributed by atoms with van der Waals surface area (Å²) in [4.78, 5) is 11.7. The van der Waals surface area contributed by atoms with Crippen molar-refractivity contribution >= 4 is 5.97 Å². The lowest BCUT2D eigenvalue weighted by atomic mass is 10.0. The fourth-order valence-corrected chi connectivity index (χ4v) is 5.38. The molecule has 0 aromatic carbocycles. The van der Waals surface area contributed by atoms with E-state index >= 15 is 0 Å². The van der Waals surface area contributed by atoms with Gasteiger partial charge in [-0.15, -0.1) is 0 Å². The van der Waals surface area contributed by atoms with Crippen molar-refractivity contribution < 1.29 is 47.4 Å². The third kappa shape index (κ3) is 47.1. The van der Waals surface area contributed by atoms with E-state index in [-0.39, 0.29) is 5.97 Å². The van der Waals surface area contributed by atoms with Crippen LogP contribution in [0.25, 0.3) is 0 Å². The smallest absolute Gasteiger partial charge is 0.305 e. The number of rotatable bonds is 46. The van der Waals surface area contributed by atoms with Gasteiger partial charge in [0.1, 0.15) is 6.61 Å². The summed E-state index contributed by atoms with van der Waals surface area (Å²) in [6, 6.07) is 0. The van der Waals surface area contributed by atoms with Crippen LogP contribution < -0.4 is 0 Å². The number of hydrogen-bond donors (Lipinski definition) is 0. The molecule has 0 aromatic heterocycles. The van der Waals surface area contributed by atoms with Gasteiger partial charge in [-0.1, -0.05) is 129 Å². The molecule has 0 aromatic rings. The maximum Gasteiger partial charge on any atom is 0.305 e. The number of carbonyl (C=O) groups excluding carboxylic acids is 1. The number of hydrogen-bond acceptors (Lipinski definition) is 10. The summed E-state index contributed by atoms with van der Waals surface area (Å²) in [6.45, 7) is 13.5. The van der Waals surface area contributed by atoms with Crippen molar-refractivity contribution in [3.05, 3.63) is 0 Å². The highest BCUT2D eigenvalue weighted by atomic mass is 16.6. The highest BCUT2D eigenvalue weighted by Crippen LogP contribution is 2.12. The van der Waals surface area contributed by atoms with Gasteiger partial charge in [-0.3, -0.25) is 4.79 Å². The second kappa shape index (κ2) is 47.2. The summed E-state index contributed by atoms with van der Waals surface area (Å²) < 4.78 is 49.4. The molecule has 0 N–H and O–H groups in total. The minimum Gasteiger partial charge on any atom is -0.463 e. The van der Waals surface area contributed by atoms with Gasteiger partial charge in [0.05, 0.1) is 99.1 Å². The summed E-state index contributed by atoms with van der Waals surface area (Å²) >= 11 is 0. The summed E-state index contributed by atoms with van der Waals surface area (Å²) in [5, 5.41) is 0. The number of esters is 1. The van der Waals surface area contributed by atoms with Crippen molar-refractivity contribution in [1.29, 1.82) is 0 Å². The first-order chi connectivity index (χ1) is 25.3. The van der Waals surface area contributed by atoms with Gasteiger partial charge in [-0.05, 0) is 12.8 Å². The van der Waals surface area contributed by atoms with Crippen LogP contribution in [0.4, 0.5) is 0 Å². The van der Waals surface area contributed by atoms with Crippen LogP contribution in [0.15, 0.2) is 0 Å². The number of unbranched alkanes of at least 4 members (excludes halogenated alkanes) is 18. The zero-order valence-corrected chi connectivity index (χ0v) is 33.5.